The van der Waals surface area contributed by atoms with Gasteiger partial charge in [0.1, 0.15) is 0 Å². The van der Waals surface area contributed by atoms with E-state index >= 15 is 0 Å². The summed E-state index contributed by atoms with van der Waals surface area (Å²) in [5.74, 6) is 5.61. The van der Waals surface area contributed by atoms with E-state index in [1.54, 1.807) is 12.1 Å². The molecule has 1 amide bonds. The Morgan fingerprint density at radius 3 is 2.76 bits per heavy atom. The van der Waals surface area contributed by atoms with Gasteiger partial charge in [0.25, 0.3) is 5.91 Å². The number of nitrogens with one attached hydrogen (secondary N) is 1. The number of morpholine rings is 1. The van der Waals surface area contributed by atoms with Gasteiger partial charge in [0.2, 0.25) is 0 Å². The Labute approximate surface area is 123 Å². The van der Waals surface area contributed by atoms with Gasteiger partial charge in [-0.05, 0) is 18.6 Å². The lowest BCUT2D eigenvalue weighted by Crippen LogP contribution is -2.45. The second-order valence-corrected chi connectivity index (χ2v) is 5.29. The first-order chi connectivity index (χ1) is 10.3. The summed E-state index contributed by atoms with van der Waals surface area (Å²) in [6, 6.07) is 3.72. The Kier molecular flexibility index (Phi) is 4.28. The van der Waals surface area contributed by atoms with Crippen molar-refractivity contribution in [2.75, 3.05) is 44.8 Å². The van der Waals surface area contributed by atoms with Crippen LogP contribution in [0, 0.1) is 0 Å². The van der Waals surface area contributed by atoms with Crippen LogP contribution in [0.1, 0.15) is 16.9 Å². The Hall–Kier alpha value is -1.77. The first kappa shape index (κ1) is 14.2. The van der Waals surface area contributed by atoms with Crippen molar-refractivity contribution in [2.45, 2.75) is 12.5 Å². The van der Waals surface area contributed by atoms with Crippen molar-refractivity contribution in [3.8, 4) is 0 Å². The lowest BCUT2D eigenvalue weighted by Gasteiger charge is -2.32. The van der Waals surface area contributed by atoms with Crippen LogP contribution in [0.25, 0.3) is 0 Å². The molecule has 3 N–H and O–H groups in total. The molecule has 0 aliphatic carbocycles. The number of carbonyl (C=O) groups is 1. The number of likely N-dealkylation sites (tertiary alicyclic amines) is 1. The van der Waals surface area contributed by atoms with Crippen LogP contribution < -0.4 is 11.3 Å². The van der Waals surface area contributed by atoms with E-state index in [1.165, 1.54) is 0 Å². The van der Waals surface area contributed by atoms with Crippen LogP contribution >= 0.6 is 0 Å². The summed E-state index contributed by atoms with van der Waals surface area (Å²) in [6.07, 6.45) is 1.00. The maximum Gasteiger partial charge on any atom is 0.274 e. The fourth-order valence-electron chi connectivity index (χ4n) is 2.85. The van der Waals surface area contributed by atoms with E-state index in [2.05, 4.69) is 20.5 Å². The third-order valence-electron chi connectivity index (χ3n) is 4.04. The van der Waals surface area contributed by atoms with Gasteiger partial charge in [0.05, 0.1) is 13.2 Å². The molecule has 114 valence electrons. The standard InChI is InChI=1S/C13H20N6O2/c14-15-12-2-1-11(16-17-12)13(20)19-4-3-10(9-19)18-5-7-21-8-6-18/h1-2,10H,3-9,14H2,(H,15,17). The van der Waals surface area contributed by atoms with Crippen LogP contribution in [-0.2, 0) is 4.74 Å². The summed E-state index contributed by atoms with van der Waals surface area (Å²) >= 11 is 0. The average molecular weight is 292 g/mol. The summed E-state index contributed by atoms with van der Waals surface area (Å²) < 4.78 is 5.37. The number of nitrogen functional groups attached to an aromatic ring is 1. The van der Waals surface area contributed by atoms with Crippen LogP contribution in [0.15, 0.2) is 12.1 Å². The predicted octanol–water partition coefficient (Wildman–Crippen LogP) is -0.691. The third kappa shape index (κ3) is 3.12. The van der Waals surface area contributed by atoms with Crippen LogP contribution in [0.2, 0.25) is 0 Å². The summed E-state index contributed by atoms with van der Waals surface area (Å²) in [5.41, 5.74) is 2.75. The second-order valence-electron chi connectivity index (χ2n) is 5.29. The van der Waals surface area contributed by atoms with Gasteiger partial charge in [-0.25, -0.2) is 5.84 Å². The highest BCUT2D eigenvalue weighted by molar-refractivity contribution is 5.92. The molecule has 0 aromatic carbocycles. The van der Waals surface area contributed by atoms with Crippen molar-refractivity contribution in [1.82, 2.24) is 20.0 Å². The molecule has 2 saturated heterocycles. The SMILES string of the molecule is NNc1ccc(C(=O)N2CCC(N3CCOCC3)C2)nn1. The van der Waals surface area contributed by atoms with E-state index in [9.17, 15) is 4.79 Å². The molecule has 0 radical (unpaired) electrons. The maximum absolute atomic E-state index is 12.4. The zero-order valence-corrected chi connectivity index (χ0v) is 11.9. The monoisotopic (exact) mass is 292 g/mol. The molecule has 3 rings (SSSR count). The average Bonchev–Trinajstić information content (AvgIpc) is 3.05. The first-order valence-electron chi connectivity index (χ1n) is 7.19. The van der Waals surface area contributed by atoms with Crippen LogP contribution in [0.4, 0.5) is 5.82 Å². The fraction of sp³-hybridized carbons (Fsp3) is 0.615. The molecule has 1 atom stereocenters. The molecular weight excluding hydrogens is 272 g/mol. The Balaban J connectivity index is 1.60. The number of rotatable bonds is 3. The van der Waals surface area contributed by atoms with E-state index in [0.717, 1.165) is 45.8 Å². The minimum Gasteiger partial charge on any atom is -0.379 e. The molecule has 3 heterocycles. The van der Waals surface area contributed by atoms with E-state index in [0.29, 0.717) is 17.6 Å². The highest BCUT2D eigenvalue weighted by atomic mass is 16.5. The van der Waals surface area contributed by atoms with E-state index < -0.39 is 0 Å². The van der Waals surface area contributed by atoms with Crippen molar-refractivity contribution in [1.29, 1.82) is 0 Å². The van der Waals surface area contributed by atoms with E-state index in [4.69, 9.17) is 10.6 Å². The number of hydrazine groups is 1. The van der Waals surface area contributed by atoms with E-state index in [-0.39, 0.29) is 5.91 Å². The zero-order valence-electron chi connectivity index (χ0n) is 11.9. The molecule has 1 unspecified atom stereocenters. The number of ether oxygens (including phenoxy) is 1. The summed E-state index contributed by atoms with van der Waals surface area (Å²) in [5, 5.41) is 7.75. The number of nitrogens with two attached hydrogens (primary N) is 1. The number of amides is 1. The van der Waals surface area contributed by atoms with E-state index in [1.807, 2.05) is 4.90 Å². The Bertz CT molecular complexity index is 488. The van der Waals surface area contributed by atoms with Gasteiger partial charge in [-0.1, -0.05) is 0 Å². The summed E-state index contributed by atoms with van der Waals surface area (Å²) in [7, 11) is 0. The number of aromatic nitrogens is 2. The van der Waals surface area contributed by atoms with Crippen molar-refractivity contribution < 1.29 is 9.53 Å². The zero-order chi connectivity index (χ0) is 14.7. The van der Waals surface area contributed by atoms with Crippen molar-refractivity contribution >= 4 is 11.7 Å². The largest absolute Gasteiger partial charge is 0.379 e. The van der Waals surface area contributed by atoms with Gasteiger partial charge < -0.3 is 15.1 Å². The fourth-order valence-corrected chi connectivity index (χ4v) is 2.85. The number of carbonyl (C=O) groups excluding carboxylic acids is 1. The molecule has 1 aromatic rings. The number of hydrogen-bond acceptors (Lipinski definition) is 7. The second kappa shape index (κ2) is 6.33. The molecule has 2 aliphatic heterocycles. The van der Waals surface area contributed by atoms with Crippen LogP contribution in [-0.4, -0.2) is 71.3 Å². The van der Waals surface area contributed by atoms with Crippen molar-refractivity contribution in [2.24, 2.45) is 5.84 Å². The molecular formula is C13H20N6O2. The number of hydrogen-bond donors (Lipinski definition) is 2. The summed E-state index contributed by atoms with van der Waals surface area (Å²) in [6.45, 7) is 4.97. The molecule has 0 spiro atoms. The van der Waals surface area contributed by atoms with Gasteiger partial charge in [0.15, 0.2) is 11.5 Å². The molecule has 2 aliphatic rings. The first-order valence-corrected chi connectivity index (χ1v) is 7.19. The number of nitrogens with zero attached hydrogens (tertiary/aromatic N) is 4. The minimum atomic E-state index is -0.0677. The Morgan fingerprint density at radius 1 is 1.29 bits per heavy atom. The van der Waals surface area contributed by atoms with Gasteiger partial charge in [0, 0.05) is 32.2 Å². The molecule has 0 bridgehead atoms. The third-order valence-corrected chi connectivity index (χ3v) is 4.04. The molecule has 21 heavy (non-hydrogen) atoms. The van der Waals surface area contributed by atoms with Crippen LogP contribution in [0.5, 0.6) is 0 Å². The number of anilines is 1. The smallest absolute Gasteiger partial charge is 0.274 e. The highest BCUT2D eigenvalue weighted by Crippen LogP contribution is 2.18. The Morgan fingerprint density at radius 2 is 2.10 bits per heavy atom. The quantitative estimate of drug-likeness (QED) is 0.562. The van der Waals surface area contributed by atoms with Crippen LogP contribution in [0.3, 0.4) is 0 Å². The van der Waals surface area contributed by atoms with Crippen molar-refractivity contribution in [3.05, 3.63) is 17.8 Å². The minimum absolute atomic E-state index is 0.0677. The highest BCUT2D eigenvalue weighted by Gasteiger charge is 2.32. The van der Waals surface area contributed by atoms with Gasteiger partial charge in [-0.3, -0.25) is 9.69 Å². The lowest BCUT2D eigenvalue weighted by atomic mass is 10.2. The molecule has 1 aromatic heterocycles. The summed E-state index contributed by atoms with van der Waals surface area (Å²) in [4.78, 5) is 16.7. The van der Waals surface area contributed by atoms with Crippen molar-refractivity contribution in [3.63, 3.8) is 0 Å². The lowest BCUT2D eigenvalue weighted by molar-refractivity contribution is 0.0185. The predicted molar refractivity (Wildman–Crippen MR) is 76.5 cm³/mol. The van der Waals surface area contributed by atoms with Gasteiger partial charge >= 0.3 is 0 Å². The molecule has 0 saturated carbocycles. The van der Waals surface area contributed by atoms with Gasteiger partial charge in [-0.15, -0.1) is 10.2 Å². The van der Waals surface area contributed by atoms with Gasteiger partial charge in [-0.2, -0.15) is 0 Å². The maximum atomic E-state index is 12.4. The normalized spacial score (nSPS) is 23.3. The molecule has 8 nitrogen and oxygen atoms in total. The topological polar surface area (TPSA) is 96.6 Å². The molecule has 2 fully saturated rings. The molecule has 8 heteroatoms.